The highest BCUT2D eigenvalue weighted by molar-refractivity contribution is 5.67. The van der Waals surface area contributed by atoms with E-state index >= 15 is 0 Å². The molecule has 0 radical (unpaired) electrons. The van der Waals surface area contributed by atoms with Crippen molar-refractivity contribution in [3.8, 4) is 0 Å². The zero-order chi connectivity index (χ0) is 14.5. The lowest BCUT2D eigenvalue weighted by Gasteiger charge is -2.34. The minimum atomic E-state index is -0.436. The lowest BCUT2D eigenvalue weighted by molar-refractivity contribution is 0.00440. The second-order valence-electron chi connectivity index (χ2n) is 6.68. The van der Waals surface area contributed by atoms with Crippen LogP contribution in [0.5, 0.6) is 0 Å². The molecular formula is C15H29NO3. The predicted molar refractivity (Wildman–Crippen MR) is 76.3 cm³/mol. The summed E-state index contributed by atoms with van der Waals surface area (Å²) < 4.78 is 11.0. The maximum atomic E-state index is 12.0. The first-order valence-electron chi connectivity index (χ1n) is 7.30. The monoisotopic (exact) mass is 271 g/mol. The van der Waals surface area contributed by atoms with Gasteiger partial charge in [-0.05, 0) is 40.5 Å². The summed E-state index contributed by atoms with van der Waals surface area (Å²) in [6, 6.07) is 0. The van der Waals surface area contributed by atoms with E-state index in [4.69, 9.17) is 9.47 Å². The van der Waals surface area contributed by atoms with E-state index in [-0.39, 0.29) is 11.5 Å². The van der Waals surface area contributed by atoms with Crippen LogP contribution in [-0.2, 0) is 9.47 Å². The largest absolute Gasteiger partial charge is 0.444 e. The van der Waals surface area contributed by atoms with Crippen LogP contribution in [0.1, 0.15) is 53.4 Å². The first kappa shape index (κ1) is 16.3. The maximum Gasteiger partial charge on any atom is 0.410 e. The van der Waals surface area contributed by atoms with Crippen LogP contribution >= 0.6 is 0 Å². The highest BCUT2D eigenvalue weighted by Gasteiger charge is 2.37. The van der Waals surface area contributed by atoms with Crippen molar-refractivity contribution < 1.29 is 14.3 Å². The van der Waals surface area contributed by atoms with Crippen LogP contribution in [0, 0.1) is 5.41 Å². The smallest absolute Gasteiger partial charge is 0.410 e. The summed E-state index contributed by atoms with van der Waals surface area (Å²) in [7, 11) is 1.82. The average Bonchev–Trinajstić information content (AvgIpc) is 2.73. The van der Waals surface area contributed by atoms with Gasteiger partial charge in [0.05, 0.1) is 6.61 Å². The van der Waals surface area contributed by atoms with Crippen molar-refractivity contribution in [2.45, 2.75) is 59.0 Å². The molecule has 1 amide bonds. The fraction of sp³-hybridized carbons (Fsp3) is 0.933. The van der Waals surface area contributed by atoms with E-state index < -0.39 is 5.60 Å². The summed E-state index contributed by atoms with van der Waals surface area (Å²) in [4.78, 5) is 13.7. The number of hydrogen-bond donors (Lipinski definition) is 0. The van der Waals surface area contributed by atoms with Crippen molar-refractivity contribution in [3.05, 3.63) is 0 Å². The van der Waals surface area contributed by atoms with E-state index in [1.807, 2.05) is 34.7 Å². The highest BCUT2D eigenvalue weighted by atomic mass is 16.6. The first-order valence-corrected chi connectivity index (χ1v) is 7.30. The molecule has 0 heterocycles. The normalized spacial score (nSPS) is 18.4. The molecule has 0 spiro atoms. The fourth-order valence-corrected chi connectivity index (χ4v) is 2.70. The summed E-state index contributed by atoms with van der Waals surface area (Å²) >= 11 is 0. The third-order valence-corrected chi connectivity index (χ3v) is 3.55. The van der Waals surface area contributed by atoms with Gasteiger partial charge in [0.2, 0.25) is 0 Å². The molecular weight excluding hydrogens is 242 g/mol. The number of hydrogen-bond acceptors (Lipinski definition) is 3. The minimum absolute atomic E-state index is 0.127. The molecule has 0 unspecified atom stereocenters. The van der Waals surface area contributed by atoms with E-state index in [1.165, 1.54) is 12.8 Å². The van der Waals surface area contributed by atoms with E-state index in [0.717, 1.165) is 32.6 Å². The molecule has 19 heavy (non-hydrogen) atoms. The van der Waals surface area contributed by atoms with Crippen LogP contribution in [0.15, 0.2) is 0 Å². The molecule has 112 valence electrons. The Balaban J connectivity index is 2.56. The number of ether oxygens (including phenoxy) is 2. The van der Waals surface area contributed by atoms with Crippen molar-refractivity contribution in [3.63, 3.8) is 0 Å². The van der Waals surface area contributed by atoms with E-state index in [1.54, 1.807) is 4.90 Å². The summed E-state index contributed by atoms with van der Waals surface area (Å²) in [6.07, 6.45) is 4.50. The van der Waals surface area contributed by atoms with E-state index in [9.17, 15) is 4.79 Å². The topological polar surface area (TPSA) is 38.8 Å². The van der Waals surface area contributed by atoms with Crippen LogP contribution in [0.4, 0.5) is 4.79 Å². The standard InChI is InChI=1S/C15H29NO3/c1-6-18-12-15(9-7-8-10-15)11-16(5)13(17)19-14(2,3)4/h6-12H2,1-5H3. The second kappa shape index (κ2) is 6.60. The number of carbonyl (C=O) groups excluding carboxylic acids is 1. The molecule has 1 rings (SSSR count). The van der Waals surface area contributed by atoms with Crippen molar-refractivity contribution >= 4 is 6.09 Å². The zero-order valence-corrected chi connectivity index (χ0v) is 13.1. The Hall–Kier alpha value is -0.770. The molecule has 0 aromatic heterocycles. The van der Waals surface area contributed by atoms with Gasteiger partial charge in [-0.3, -0.25) is 0 Å². The molecule has 0 aromatic carbocycles. The van der Waals surface area contributed by atoms with Gasteiger partial charge in [0.1, 0.15) is 5.60 Å². The quantitative estimate of drug-likeness (QED) is 0.768. The molecule has 4 nitrogen and oxygen atoms in total. The van der Waals surface area contributed by atoms with Crippen LogP contribution in [0.2, 0.25) is 0 Å². The van der Waals surface area contributed by atoms with Gasteiger partial charge in [-0.25, -0.2) is 4.79 Å². The Kier molecular flexibility index (Phi) is 5.65. The van der Waals surface area contributed by atoms with Gasteiger partial charge in [0.15, 0.2) is 0 Å². The molecule has 1 fully saturated rings. The zero-order valence-electron chi connectivity index (χ0n) is 13.1. The van der Waals surface area contributed by atoms with Crippen molar-refractivity contribution in [1.82, 2.24) is 4.90 Å². The number of rotatable bonds is 5. The molecule has 0 N–H and O–H groups in total. The van der Waals surface area contributed by atoms with E-state index in [0.29, 0.717) is 0 Å². The van der Waals surface area contributed by atoms with Gasteiger partial charge < -0.3 is 14.4 Å². The number of nitrogens with zero attached hydrogens (tertiary/aromatic N) is 1. The predicted octanol–water partition coefficient (Wildman–Crippen LogP) is 3.45. The Labute approximate surface area is 117 Å². The van der Waals surface area contributed by atoms with Gasteiger partial charge in [0, 0.05) is 25.6 Å². The van der Waals surface area contributed by atoms with Gasteiger partial charge in [-0.15, -0.1) is 0 Å². The third kappa shape index (κ3) is 5.39. The highest BCUT2D eigenvalue weighted by Crippen LogP contribution is 2.39. The Bertz CT molecular complexity index is 290. The molecule has 1 aliphatic carbocycles. The molecule has 0 aromatic rings. The summed E-state index contributed by atoms with van der Waals surface area (Å²) in [6.45, 7) is 9.90. The van der Waals surface area contributed by atoms with Gasteiger partial charge in [-0.1, -0.05) is 12.8 Å². The second-order valence-corrected chi connectivity index (χ2v) is 6.68. The fourth-order valence-electron chi connectivity index (χ4n) is 2.70. The number of carbonyl (C=O) groups is 1. The lowest BCUT2D eigenvalue weighted by Crippen LogP contribution is -2.42. The van der Waals surface area contributed by atoms with Crippen molar-refractivity contribution in [2.24, 2.45) is 5.41 Å². The van der Waals surface area contributed by atoms with Gasteiger partial charge in [0.25, 0.3) is 0 Å². The molecule has 0 atom stereocenters. The number of amides is 1. The summed E-state index contributed by atoms with van der Waals surface area (Å²) in [5.41, 5.74) is -0.310. The Morgan fingerprint density at radius 1 is 1.26 bits per heavy atom. The van der Waals surface area contributed by atoms with Crippen LogP contribution < -0.4 is 0 Å². The van der Waals surface area contributed by atoms with Crippen LogP contribution in [-0.4, -0.2) is 43.4 Å². The summed E-state index contributed by atoms with van der Waals surface area (Å²) in [5.74, 6) is 0. The minimum Gasteiger partial charge on any atom is -0.444 e. The van der Waals surface area contributed by atoms with Crippen LogP contribution in [0.3, 0.4) is 0 Å². The Morgan fingerprint density at radius 3 is 2.32 bits per heavy atom. The molecule has 1 saturated carbocycles. The molecule has 0 bridgehead atoms. The van der Waals surface area contributed by atoms with Crippen molar-refractivity contribution in [1.29, 1.82) is 0 Å². The molecule has 4 heteroatoms. The SMILES string of the molecule is CCOCC1(CN(C)C(=O)OC(C)(C)C)CCCC1. The maximum absolute atomic E-state index is 12.0. The Morgan fingerprint density at radius 2 is 1.84 bits per heavy atom. The molecule has 0 aliphatic heterocycles. The van der Waals surface area contributed by atoms with Crippen molar-refractivity contribution in [2.75, 3.05) is 26.8 Å². The third-order valence-electron chi connectivity index (χ3n) is 3.55. The first-order chi connectivity index (χ1) is 8.78. The molecule has 0 saturated heterocycles. The molecule has 1 aliphatic rings. The van der Waals surface area contributed by atoms with E-state index in [2.05, 4.69) is 0 Å². The summed E-state index contributed by atoms with van der Waals surface area (Å²) in [5, 5.41) is 0. The average molecular weight is 271 g/mol. The van der Waals surface area contributed by atoms with Gasteiger partial charge >= 0.3 is 6.09 Å². The van der Waals surface area contributed by atoms with Crippen LogP contribution in [0.25, 0.3) is 0 Å². The van der Waals surface area contributed by atoms with Gasteiger partial charge in [-0.2, -0.15) is 0 Å². The lowest BCUT2D eigenvalue weighted by atomic mass is 9.86.